The van der Waals surface area contributed by atoms with Gasteiger partial charge in [0.15, 0.2) is 0 Å². The number of likely N-dealkylation sites (tertiary alicyclic amines) is 1. The average molecular weight is 364 g/mol. The molecule has 0 N–H and O–H groups in total. The summed E-state index contributed by atoms with van der Waals surface area (Å²) in [7, 11) is 1.50. The van der Waals surface area contributed by atoms with Gasteiger partial charge in [0, 0.05) is 37.8 Å². The summed E-state index contributed by atoms with van der Waals surface area (Å²) in [5.74, 6) is -0.102. The zero-order valence-electron chi connectivity index (χ0n) is 16.0. The van der Waals surface area contributed by atoms with Gasteiger partial charge < -0.3 is 4.74 Å². The fourth-order valence-electron chi connectivity index (χ4n) is 4.89. The summed E-state index contributed by atoms with van der Waals surface area (Å²) in [5.41, 5.74) is 2.53. The monoisotopic (exact) mass is 364 g/mol. The normalized spacial score (nSPS) is 25.4. The summed E-state index contributed by atoms with van der Waals surface area (Å²) in [5, 5.41) is 0. The number of methoxy groups -OCH3 is 1. The molecule has 2 aliphatic rings. The molecule has 2 heterocycles. The van der Waals surface area contributed by atoms with E-state index in [1.54, 1.807) is 0 Å². The van der Waals surface area contributed by atoms with Crippen LogP contribution in [0.15, 0.2) is 60.7 Å². The van der Waals surface area contributed by atoms with Crippen molar-refractivity contribution in [2.75, 3.05) is 20.2 Å². The Morgan fingerprint density at radius 3 is 2.30 bits per heavy atom. The highest BCUT2D eigenvalue weighted by molar-refractivity contribution is 5.71. The number of hydrogen-bond donors (Lipinski definition) is 0. The maximum atomic E-state index is 12.3. The van der Waals surface area contributed by atoms with Crippen molar-refractivity contribution in [1.29, 1.82) is 0 Å². The van der Waals surface area contributed by atoms with Crippen LogP contribution in [0.1, 0.15) is 30.4 Å². The van der Waals surface area contributed by atoms with Crippen LogP contribution >= 0.6 is 0 Å². The van der Waals surface area contributed by atoms with Crippen LogP contribution in [0.5, 0.6) is 0 Å². The Morgan fingerprint density at radius 2 is 1.67 bits per heavy atom. The van der Waals surface area contributed by atoms with E-state index in [0.717, 1.165) is 39.0 Å². The van der Waals surface area contributed by atoms with E-state index in [4.69, 9.17) is 4.74 Å². The van der Waals surface area contributed by atoms with Gasteiger partial charge in [0.2, 0.25) is 0 Å². The standard InChI is InChI=1S/C23H28N2O2/c1-27-22(26)14-23-13-12-21(25(23)16-20-10-6-3-7-11-20)17-24(18-23)15-19-8-4-2-5-9-19/h2-11,21H,12-18H2,1H3. The second-order valence-electron chi connectivity index (χ2n) is 7.94. The lowest BCUT2D eigenvalue weighted by atomic mass is 9.90. The van der Waals surface area contributed by atoms with Crippen molar-refractivity contribution in [3.63, 3.8) is 0 Å². The first-order valence-corrected chi connectivity index (χ1v) is 9.82. The first kappa shape index (κ1) is 18.2. The predicted molar refractivity (Wildman–Crippen MR) is 106 cm³/mol. The van der Waals surface area contributed by atoms with Gasteiger partial charge in [0.05, 0.1) is 13.5 Å². The van der Waals surface area contributed by atoms with E-state index in [-0.39, 0.29) is 11.5 Å². The summed E-state index contributed by atoms with van der Waals surface area (Å²) in [6.45, 7) is 3.83. The summed E-state index contributed by atoms with van der Waals surface area (Å²) >= 11 is 0. The van der Waals surface area contributed by atoms with Gasteiger partial charge in [-0.3, -0.25) is 14.6 Å². The van der Waals surface area contributed by atoms with Crippen LogP contribution in [-0.2, 0) is 22.6 Å². The fraction of sp³-hybridized carbons (Fsp3) is 0.435. The third kappa shape index (κ3) is 3.92. The molecule has 0 amide bonds. The van der Waals surface area contributed by atoms with Crippen molar-refractivity contribution in [3.8, 4) is 0 Å². The van der Waals surface area contributed by atoms with Gasteiger partial charge in [-0.2, -0.15) is 0 Å². The Bertz CT molecular complexity index is 764. The number of hydrogen-bond acceptors (Lipinski definition) is 4. The van der Waals surface area contributed by atoms with Crippen molar-refractivity contribution < 1.29 is 9.53 Å². The maximum Gasteiger partial charge on any atom is 0.307 e. The zero-order valence-corrected chi connectivity index (χ0v) is 16.0. The van der Waals surface area contributed by atoms with Crippen molar-refractivity contribution >= 4 is 5.97 Å². The zero-order chi connectivity index (χ0) is 18.7. The van der Waals surface area contributed by atoms with Crippen molar-refractivity contribution in [2.45, 2.75) is 43.9 Å². The van der Waals surface area contributed by atoms with Crippen LogP contribution in [0, 0.1) is 0 Å². The molecule has 142 valence electrons. The lowest BCUT2D eigenvalue weighted by Gasteiger charge is -2.49. The number of fused-ring (bicyclic) bond motifs is 2. The van der Waals surface area contributed by atoms with Gasteiger partial charge in [-0.25, -0.2) is 0 Å². The van der Waals surface area contributed by atoms with Gasteiger partial charge in [-0.15, -0.1) is 0 Å². The molecule has 2 fully saturated rings. The number of carbonyl (C=O) groups excluding carboxylic acids is 1. The summed E-state index contributed by atoms with van der Waals surface area (Å²) < 4.78 is 5.07. The summed E-state index contributed by atoms with van der Waals surface area (Å²) in [6, 6.07) is 21.7. The molecule has 2 aliphatic heterocycles. The number of piperazine rings is 1. The molecule has 2 saturated heterocycles. The summed E-state index contributed by atoms with van der Waals surface area (Å²) in [4.78, 5) is 17.4. The van der Waals surface area contributed by atoms with Gasteiger partial charge in [0.25, 0.3) is 0 Å². The molecule has 2 unspecified atom stereocenters. The number of benzene rings is 2. The van der Waals surface area contributed by atoms with Crippen LogP contribution in [0.25, 0.3) is 0 Å². The van der Waals surface area contributed by atoms with Gasteiger partial charge in [0.1, 0.15) is 0 Å². The number of nitrogens with zero attached hydrogens (tertiary/aromatic N) is 2. The molecule has 0 saturated carbocycles. The van der Waals surface area contributed by atoms with Crippen LogP contribution in [-0.4, -0.2) is 47.5 Å². The van der Waals surface area contributed by atoms with E-state index in [9.17, 15) is 4.79 Å². The highest BCUT2D eigenvalue weighted by Gasteiger charge is 2.52. The largest absolute Gasteiger partial charge is 0.469 e. The summed E-state index contributed by atoms with van der Waals surface area (Å²) in [6.07, 6.45) is 2.68. The van der Waals surface area contributed by atoms with E-state index in [2.05, 4.69) is 70.5 Å². The third-order valence-corrected chi connectivity index (χ3v) is 6.13. The molecule has 0 radical (unpaired) electrons. The average Bonchev–Trinajstić information content (AvgIpc) is 2.89. The molecular formula is C23H28N2O2. The molecule has 2 atom stereocenters. The van der Waals surface area contributed by atoms with Crippen molar-refractivity contribution in [1.82, 2.24) is 9.80 Å². The van der Waals surface area contributed by atoms with Crippen LogP contribution < -0.4 is 0 Å². The number of carbonyl (C=O) groups is 1. The van der Waals surface area contributed by atoms with Gasteiger partial charge >= 0.3 is 5.97 Å². The number of esters is 1. The highest BCUT2D eigenvalue weighted by Crippen LogP contribution is 2.43. The quantitative estimate of drug-likeness (QED) is 0.735. The molecule has 2 bridgehead atoms. The van der Waals surface area contributed by atoms with Crippen molar-refractivity contribution in [3.05, 3.63) is 71.8 Å². The van der Waals surface area contributed by atoms with E-state index in [1.807, 2.05) is 0 Å². The molecule has 4 rings (SSSR count). The minimum atomic E-state index is -0.124. The first-order chi connectivity index (χ1) is 13.2. The van der Waals surface area contributed by atoms with Gasteiger partial charge in [-0.1, -0.05) is 60.7 Å². The molecule has 2 aromatic carbocycles. The first-order valence-electron chi connectivity index (χ1n) is 9.82. The van der Waals surface area contributed by atoms with E-state index in [1.165, 1.54) is 18.2 Å². The van der Waals surface area contributed by atoms with E-state index < -0.39 is 0 Å². The minimum absolute atomic E-state index is 0.102. The second kappa shape index (κ2) is 7.83. The molecule has 0 aromatic heterocycles. The van der Waals surface area contributed by atoms with E-state index in [0.29, 0.717) is 12.5 Å². The van der Waals surface area contributed by atoms with Crippen LogP contribution in [0.3, 0.4) is 0 Å². The fourth-order valence-corrected chi connectivity index (χ4v) is 4.89. The predicted octanol–water partition coefficient (Wildman–Crippen LogP) is 3.47. The highest BCUT2D eigenvalue weighted by atomic mass is 16.5. The Morgan fingerprint density at radius 1 is 1.04 bits per heavy atom. The third-order valence-electron chi connectivity index (χ3n) is 6.13. The molecule has 27 heavy (non-hydrogen) atoms. The van der Waals surface area contributed by atoms with Crippen molar-refractivity contribution in [2.24, 2.45) is 0 Å². The Labute approximate surface area is 161 Å². The smallest absolute Gasteiger partial charge is 0.307 e. The van der Waals surface area contributed by atoms with Crippen LogP contribution in [0.2, 0.25) is 0 Å². The second-order valence-corrected chi connectivity index (χ2v) is 7.94. The Hall–Kier alpha value is -2.17. The molecule has 2 aromatic rings. The Kier molecular flexibility index (Phi) is 5.28. The molecule has 0 spiro atoms. The lowest BCUT2D eigenvalue weighted by Crippen LogP contribution is -2.61. The van der Waals surface area contributed by atoms with E-state index >= 15 is 0 Å². The minimum Gasteiger partial charge on any atom is -0.469 e. The molecular weight excluding hydrogens is 336 g/mol. The number of rotatable bonds is 6. The van der Waals surface area contributed by atoms with Crippen LogP contribution in [0.4, 0.5) is 0 Å². The van der Waals surface area contributed by atoms with Gasteiger partial charge in [-0.05, 0) is 24.0 Å². The SMILES string of the molecule is COC(=O)CC12CCC(CN(Cc3ccccc3)C1)N2Cc1ccccc1. The molecule has 4 heteroatoms. The molecule has 4 nitrogen and oxygen atoms in total. The Balaban J connectivity index is 1.56. The lowest BCUT2D eigenvalue weighted by molar-refractivity contribution is -0.145. The topological polar surface area (TPSA) is 32.8 Å². The molecule has 0 aliphatic carbocycles. The maximum absolute atomic E-state index is 12.3. The number of ether oxygens (including phenoxy) is 1.